The Morgan fingerprint density at radius 3 is 2.52 bits per heavy atom. The van der Waals surface area contributed by atoms with E-state index in [1.807, 2.05) is 30.3 Å². The summed E-state index contributed by atoms with van der Waals surface area (Å²) >= 11 is 0. The van der Waals surface area contributed by atoms with E-state index in [2.05, 4.69) is 16.0 Å². The van der Waals surface area contributed by atoms with E-state index in [0.717, 1.165) is 5.56 Å². The third-order valence-electron chi connectivity index (χ3n) is 3.07. The van der Waals surface area contributed by atoms with Gasteiger partial charge in [0.05, 0.1) is 11.4 Å². The highest BCUT2D eigenvalue weighted by Crippen LogP contribution is 2.11. The van der Waals surface area contributed by atoms with Crippen LogP contribution >= 0.6 is 0 Å². The zero-order valence-electron chi connectivity index (χ0n) is 12.3. The maximum absolute atomic E-state index is 12.2. The Morgan fingerprint density at radius 2 is 1.83 bits per heavy atom. The summed E-state index contributed by atoms with van der Waals surface area (Å²) in [6.45, 7) is 0.263. The molecule has 118 valence electrons. The number of terminal acetylenes is 1. The molecule has 0 atom stereocenters. The third kappa shape index (κ3) is 4.68. The highest BCUT2D eigenvalue weighted by Gasteiger charge is 2.15. The molecule has 2 rings (SSSR count). The molecule has 6 heteroatoms. The van der Waals surface area contributed by atoms with Crippen LogP contribution in [0.3, 0.4) is 0 Å². The molecule has 0 aliphatic heterocycles. The highest BCUT2D eigenvalue weighted by molar-refractivity contribution is 7.89. The third-order valence-corrected chi connectivity index (χ3v) is 4.47. The summed E-state index contributed by atoms with van der Waals surface area (Å²) < 4.78 is 26.3. The number of hydrogen-bond donors (Lipinski definition) is 2. The molecule has 5 nitrogen and oxygen atoms in total. The lowest BCUT2D eigenvalue weighted by Gasteiger charge is -2.08. The Bertz CT molecular complexity index is 824. The molecule has 2 aromatic rings. The van der Waals surface area contributed by atoms with Gasteiger partial charge in [-0.25, -0.2) is 8.42 Å². The van der Waals surface area contributed by atoms with Gasteiger partial charge in [-0.2, -0.15) is 4.72 Å². The molecule has 0 aromatic heterocycles. The second kappa shape index (κ2) is 7.58. The molecular weight excluding hydrogens is 312 g/mol. The first-order chi connectivity index (χ1) is 11.0. The molecule has 0 saturated heterocycles. The van der Waals surface area contributed by atoms with Crippen LogP contribution in [0, 0.1) is 12.3 Å². The SMILES string of the molecule is C#CCNS(=O)(=O)c1cccc(C(=O)NCc2ccccc2)c1. The van der Waals surface area contributed by atoms with Gasteiger partial charge in [-0.05, 0) is 23.8 Å². The Kier molecular flexibility index (Phi) is 5.52. The average Bonchev–Trinajstić information content (AvgIpc) is 2.59. The minimum atomic E-state index is -3.72. The summed E-state index contributed by atoms with van der Waals surface area (Å²) in [5.74, 6) is 1.86. The van der Waals surface area contributed by atoms with Crippen LogP contribution in [0.25, 0.3) is 0 Å². The molecule has 2 N–H and O–H groups in total. The van der Waals surface area contributed by atoms with Crippen molar-refractivity contribution < 1.29 is 13.2 Å². The molecule has 23 heavy (non-hydrogen) atoms. The Labute approximate surface area is 135 Å². The van der Waals surface area contributed by atoms with Crippen LogP contribution in [-0.4, -0.2) is 20.9 Å². The molecule has 0 fully saturated rings. The second-order valence-electron chi connectivity index (χ2n) is 4.72. The molecule has 0 spiro atoms. The first kappa shape index (κ1) is 16.7. The Morgan fingerprint density at radius 1 is 1.09 bits per heavy atom. The number of amides is 1. The first-order valence-electron chi connectivity index (χ1n) is 6.88. The average molecular weight is 328 g/mol. The van der Waals surface area contributed by atoms with Gasteiger partial charge in [-0.1, -0.05) is 42.3 Å². The molecule has 0 heterocycles. The van der Waals surface area contributed by atoms with Crippen LogP contribution in [0.1, 0.15) is 15.9 Å². The standard InChI is InChI=1S/C17H16N2O3S/c1-2-11-19-23(21,22)16-10-6-9-15(12-16)17(20)18-13-14-7-4-3-5-8-14/h1,3-10,12,19H,11,13H2,(H,18,20). The van der Waals surface area contributed by atoms with E-state index in [1.54, 1.807) is 6.07 Å². The van der Waals surface area contributed by atoms with E-state index >= 15 is 0 Å². The Balaban J connectivity index is 2.10. The van der Waals surface area contributed by atoms with Crippen molar-refractivity contribution in [1.82, 2.24) is 10.0 Å². The van der Waals surface area contributed by atoms with Crippen molar-refractivity contribution in [1.29, 1.82) is 0 Å². The van der Waals surface area contributed by atoms with Gasteiger partial charge in [0.1, 0.15) is 0 Å². The number of rotatable bonds is 6. The summed E-state index contributed by atoms with van der Waals surface area (Å²) in [6, 6.07) is 15.2. The molecule has 1 amide bonds. The van der Waals surface area contributed by atoms with Crippen molar-refractivity contribution in [3.63, 3.8) is 0 Å². The van der Waals surface area contributed by atoms with E-state index in [0.29, 0.717) is 6.54 Å². The molecule has 2 aromatic carbocycles. The van der Waals surface area contributed by atoms with Crippen molar-refractivity contribution in [2.24, 2.45) is 0 Å². The van der Waals surface area contributed by atoms with E-state index in [9.17, 15) is 13.2 Å². The monoisotopic (exact) mass is 328 g/mol. The minimum Gasteiger partial charge on any atom is -0.348 e. The van der Waals surface area contributed by atoms with Crippen molar-refractivity contribution >= 4 is 15.9 Å². The number of nitrogens with one attached hydrogen (secondary N) is 2. The lowest BCUT2D eigenvalue weighted by atomic mass is 10.2. The van der Waals surface area contributed by atoms with E-state index in [1.165, 1.54) is 18.2 Å². The minimum absolute atomic E-state index is 0.000103. The van der Waals surface area contributed by atoms with Crippen molar-refractivity contribution in [3.8, 4) is 12.3 Å². The summed E-state index contributed by atoms with van der Waals surface area (Å²) in [7, 11) is -3.72. The quantitative estimate of drug-likeness (QED) is 0.790. The fourth-order valence-corrected chi connectivity index (χ4v) is 2.88. The molecule has 0 unspecified atom stereocenters. The van der Waals surface area contributed by atoms with Crippen LogP contribution in [0.5, 0.6) is 0 Å². The van der Waals surface area contributed by atoms with Gasteiger partial charge in [0.15, 0.2) is 0 Å². The van der Waals surface area contributed by atoms with Gasteiger partial charge in [-0.15, -0.1) is 6.42 Å². The Hall–Kier alpha value is -2.62. The maximum atomic E-state index is 12.2. The summed E-state index contributed by atoms with van der Waals surface area (Å²) in [5.41, 5.74) is 1.23. The smallest absolute Gasteiger partial charge is 0.251 e. The highest BCUT2D eigenvalue weighted by atomic mass is 32.2. The molecule has 0 radical (unpaired) electrons. The summed E-state index contributed by atoms with van der Waals surface area (Å²) in [4.78, 5) is 12.2. The van der Waals surface area contributed by atoms with E-state index in [-0.39, 0.29) is 22.9 Å². The molecular formula is C17H16N2O3S. The normalized spacial score (nSPS) is 10.7. The zero-order valence-corrected chi connectivity index (χ0v) is 13.1. The second-order valence-corrected chi connectivity index (χ2v) is 6.49. The predicted octanol–water partition coefficient (Wildman–Crippen LogP) is 1.53. The number of sulfonamides is 1. The summed E-state index contributed by atoms with van der Waals surface area (Å²) in [5, 5.41) is 2.75. The molecule has 0 bridgehead atoms. The van der Waals surface area contributed by atoms with Crippen LogP contribution in [0.2, 0.25) is 0 Å². The number of carbonyl (C=O) groups excluding carboxylic acids is 1. The van der Waals surface area contributed by atoms with Crippen molar-refractivity contribution in [3.05, 3.63) is 65.7 Å². The fraction of sp³-hybridized carbons (Fsp3) is 0.118. The molecule has 0 saturated carbocycles. The molecule has 0 aliphatic carbocycles. The van der Waals surface area contributed by atoms with Crippen LogP contribution in [0.15, 0.2) is 59.5 Å². The van der Waals surface area contributed by atoms with Crippen LogP contribution in [-0.2, 0) is 16.6 Å². The largest absolute Gasteiger partial charge is 0.348 e. The lowest BCUT2D eigenvalue weighted by molar-refractivity contribution is 0.0950. The molecule has 0 aliphatic rings. The van der Waals surface area contributed by atoms with Gasteiger partial charge in [-0.3, -0.25) is 4.79 Å². The van der Waals surface area contributed by atoms with Gasteiger partial charge in [0, 0.05) is 12.1 Å². The topological polar surface area (TPSA) is 75.3 Å². The number of carbonyl (C=O) groups is 1. The van der Waals surface area contributed by atoms with Crippen molar-refractivity contribution in [2.75, 3.05) is 6.54 Å². The van der Waals surface area contributed by atoms with Gasteiger partial charge in [0.2, 0.25) is 10.0 Å². The number of hydrogen-bond acceptors (Lipinski definition) is 3. The number of benzene rings is 2. The van der Waals surface area contributed by atoms with Crippen LogP contribution in [0.4, 0.5) is 0 Å². The van der Waals surface area contributed by atoms with Crippen molar-refractivity contribution in [2.45, 2.75) is 11.4 Å². The summed E-state index contributed by atoms with van der Waals surface area (Å²) in [6.07, 6.45) is 5.05. The van der Waals surface area contributed by atoms with E-state index < -0.39 is 10.0 Å². The predicted molar refractivity (Wildman–Crippen MR) is 88.1 cm³/mol. The maximum Gasteiger partial charge on any atom is 0.251 e. The van der Waals surface area contributed by atoms with Gasteiger partial charge >= 0.3 is 0 Å². The lowest BCUT2D eigenvalue weighted by Crippen LogP contribution is -2.25. The van der Waals surface area contributed by atoms with Gasteiger partial charge in [0.25, 0.3) is 5.91 Å². The van der Waals surface area contributed by atoms with E-state index in [4.69, 9.17) is 6.42 Å². The zero-order chi connectivity index (χ0) is 16.7. The fourth-order valence-electron chi connectivity index (χ4n) is 1.90. The first-order valence-corrected chi connectivity index (χ1v) is 8.36. The van der Waals surface area contributed by atoms with Crippen LogP contribution < -0.4 is 10.0 Å². The van der Waals surface area contributed by atoms with Gasteiger partial charge < -0.3 is 5.32 Å².